The van der Waals surface area contributed by atoms with E-state index in [2.05, 4.69) is 57.8 Å². The third-order valence-electron chi connectivity index (χ3n) is 2.01. The summed E-state index contributed by atoms with van der Waals surface area (Å²) in [6.07, 6.45) is 0. The number of fused-ring (bicyclic) bond motifs is 1. The molecule has 78 valence electrons. The number of pyridine rings is 2. The molecule has 0 aromatic carbocycles. The van der Waals surface area contributed by atoms with Crippen molar-refractivity contribution >= 4 is 58.8 Å². The lowest BCUT2D eigenvalue weighted by Crippen LogP contribution is -1.93. The minimum Gasteiger partial charge on any atom is -0.232 e. The predicted molar refractivity (Wildman–Crippen MR) is 72.5 cm³/mol. The summed E-state index contributed by atoms with van der Waals surface area (Å²) in [7, 11) is 0. The Labute approximate surface area is 113 Å². The summed E-state index contributed by atoms with van der Waals surface area (Å²) < 4.78 is 1.04. The van der Waals surface area contributed by atoms with Crippen molar-refractivity contribution in [2.45, 2.75) is 10.7 Å². The SMILES string of the molecule is BrCc1ccc2c(Br)cc(CBr)nc2n1. The number of alkyl halides is 2. The second-order valence-electron chi connectivity index (χ2n) is 3.04. The maximum atomic E-state index is 4.45. The standard InChI is InChI=1S/C10H7Br3N2/c11-4-6-1-2-8-9(13)3-7(5-12)15-10(8)14-6/h1-3H,4-5H2. The molecule has 5 heteroatoms. The van der Waals surface area contributed by atoms with Gasteiger partial charge >= 0.3 is 0 Å². The van der Waals surface area contributed by atoms with Crippen LogP contribution in [0.1, 0.15) is 11.4 Å². The molecule has 2 nitrogen and oxygen atoms in total. The Morgan fingerprint density at radius 2 is 1.67 bits per heavy atom. The normalized spacial score (nSPS) is 10.9. The van der Waals surface area contributed by atoms with Crippen LogP contribution in [0.15, 0.2) is 22.7 Å². The van der Waals surface area contributed by atoms with Crippen LogP contribution in [0.25, 0.3) is 11.0 Å². The first kappa shape index (κ1) is 11.5. The maximum Gasteiger partial charge on any atom is 0.160 e. The van der Waals surface area contributed by atoms with Gasteiger partial charge in [-0.25, -0.2) is 9.97 Å². The fraction of sp³-hybridized carbons (Fsp3) is 0.200. The van der Waals surface area contributed by atoms with Crippen molar-refractivity contribution < 1.29 is 0 Å². The van der Waals surface area contributed by atoms with Crippen molar-refractivity contribution in [3.8, 4) is 0 Å². The fourth-order valence-corrected chi connectivity index (χ4v) is 2.47. The van der Waals surface area contributed by atoms with Gasteiger partial charge in [0.05, 0.1) is 11.4 Å². The number of halogens is 3. The minimum atomic E-state index is 0.738. The third-order valence-corrected chi connectivity index (χ3v) is 3.81. The van der Waals surface area contributed by atoms with Crippen molar-refractivity contribution in [1.82, 2.24) is 9.97 Å². The van der Waals surface area contributed by atoms with Crippen molar-refractivity contribution in [3.05, 3.63) is 34.1 Å². The summed E-state index contributed by atoms with van der Waals surface area (Å²) >= 11 is 10.3. The highest BCUT2D eigenvalue weighted by Crippen LogP contribution is 2.24. The average molecular weight is 395 g/mol. The molecule has 0 N–H and O–H groups in total. The lowest BCUT2D eigenvalue weighted by molar-refractivity contribution is 1.14. The van der Waals surface area contributed by atoms with E-state index in [0.717, 1.165) is 37.6 Å². The molecule has 0 amide bonds. The average Bonchev–Trinajstić information content (AvgIpc) is 2.28. The van der Waals surface area contributed by atoms with Gasteiger partial charge in [-0.05, 0) is 34.1 Å². The highest BCUT2D eigenvalue weighted by Gasteiger charge is 2.05. The maximum absolute atomic E-state index is 4.45. The number of nitrogens with zero attached hydrogens (tertiary/aromatic N) is 2. The second kappa shape index (κ2) is 4.89. The van der Waals surface area contributed by atoms with Crippen molar-refractivity contribution in [2.75, 3.05) is 0 Å². The molecule has 2 aromatic rings. The van der Waals surface area contributed by atoms with E-state index in [1.54, 1.807) is 0 Å². The van der Waals surface area contributed by atoms with E-state index in [1.807, 2.05) is 18.2 Å². The van der Waals surface area contributed by atoms with Gasteiger partial charge < -0.3 is 0 Å². The zero-order valence-electron chi connectivity index (χ0n) is 7.67. The van der Waals surface area contributed by atoms with E-state index in [4.69, 9.17) is 0 Å². The van der Waals surface area contributed by atoms with Crippen LogP contribution in [0.5, 0.6) is 0 Å². The van der Waals surface area contributed by atoms with Crippen LogP contribution >= 0.6 is 47.8 Å². The zero-order valence-corrected chi connectivity index (χ0v) is 12.4. The summed E-state index contributed by atoms with van der Waals surface area (Å²) in [6, 6.07) is 6.04. The Morgan fingerprint density at radius 3 is 2.33 bits per heavy atom. The first-order valence-corrected chi connectivity index (χ1v) is 7.35. The molecule has 0 aliphatic rings. The van der Waals surface area contributed by atoms with E-state index in [9.17, 15) is 0 Å². The minimum absolute atomic E-state index is 0.738. The van der Waals surface area contributed by atoms with Crippen molar-refractivity contribution in [2.24, 2.45) is 0 Å². The Hall–Kier alpha value is -0.000000000000000111. The highest BCUT2D eigenvalue weighted by atomic mass is 79.9. The van der Waals surface area contributed by atoms with E-state index >= 15 is 0 Å². The molecule has 0 bridgehead atoms. The van der Waals surface area contributed by atoms with E-state index < -0.39 is 0 Å². The van der Waals surface area contributed by atoms with Crippen LogP contribution in [-0.4, -0.2) is 9.97 Å². The predicted octanol–water partition coefficient (Wildman–Crippen LogP) is 4.18. The quantitative estimate of drug-likeness (QED) is 0.714. The summed E-state index contributed by atoms with van der Waals surface area (Å²) in [6.45, 7) is 0. The van der Waals surface area contributed by atoms with E-state index in [-0.39, 0.29) is 0 Å². The molecule has 15 heavy (non-hydrogen) atoms. The number of hydrogen-bond donors (Lipinski definition) is 0. The van der Waals surface area contributed by atoms with Crippen LogP contribution in [0.3, 0.4) is 0 Å². The molecular formula is C10H7Br3N2. The lowest BCUT2D eigenvalue weighted by Gasteiger charge is -2.03. The van der Waals surface area contributed by atoms with Crippen LogP contribution in [0, 0.1) is 0 Å². The molecule has 0 saturated carbocycles. The Kier molecular flexibility index (Phi) is 3.74. The van der Waals surface area contributed by atoms with Crippen molar-refractivity contribution in [1.29, 1.82) is 0 Å². The van der Waals surface area contributed by atoms with Gasteiger partial charge in [-0.15, -0.1) is 0 Å². The highest BCUT2D eigenvalue weighted by molar-refractivity contribution is 9.10. The molecule has 0 unspecified atom stereocenters. The monoisotopic (exact) mass is 392 g/mol. The van der Waals surface area contributed by atoms with Gasteiger partial charge in [0.25, 0.3) is 0 Å². The molecular weight excluding hydrogens is 388 g/mol. The van der Waals surface area contributed by atoms with E-state index in [1.165, 1.54) is 0 Å². The largest absolute Gasteiger partial charge is 0.232 e. The first-order chi connectivity index (χ1) is 7.24. The molecule has 0 radical (unpaired) electrons. The van der Waals surface area contributed by atoms with Gasteiger partial charge in [-0.3, -0.25) is 0 Å². The molecule has 0 aliphatic heterocycles. The number of hydrogen-bond acceptors (Lipinski definition) is 2. The van der Waals surface area contributed by atoms with Gasteiger partial charge in [0.15, 0.2) is 5.65 Å². The fourth-order valence-electron chi connectivity index (χ4n) is 1.29. The molecule has 0 spiro atoms. The van der Waals surface area contributed by atoms with Crippen LogP contribution in [0.2, 0.25) is 0 Å². The van der Waals surface area contributed by atoms with Crippen LogP contribution in [-0.2, 0) is 10.7 Å². The van der Waals surface area contributed by atoms with Crippen LogP contribution < -0.4 is 0 Å². The van der Waals surface area contributed by atoms with Gasteiger partial charge in [-0.2, -0.15) is 0 Å². The summed E-state index contributed by atoms with van der Waals surface area (Å²) in [5.74, 6) is 0. The van der Waals surface area contributed by atoms with E-state index in [0.29, 0.717) is 0 Å². The van der Waals surface area contributed by atoms with Gasteiger partial charge in [0, 0.05) is 20.5 Å². The third kappa shape index (κ3) is 2.40. The summed E-state index contributed by atoms with van der Waals surface area (Å²) in [5, 5.41) is 2.53. The Balaban J connectivity index is 2.69. The zero-order chi connectivity index (χ0) is 10.8. The smallest absolute Gasteiger partial charge is 0.160 e. The van der Waals surface area contributed by atoms with Gasteiger partial charge in [0.2, 0.25) is 0 Å². The molecule has 2 rings (SSSR count). The second-order valence-corrected chi connectivity index (χ2v) is 5.01. The molecule has 2 heterocycles. The first-order valence-electron chi connectivity index (χ1n) is 4.31. The Bertz CT molecular complexity index is 494. The summed E-state index contributed by atoms with van der Waals surface area (Å²) in [4.78, 5) is 8.91. The molecule has 0 saturated heterocycles. The lowest BCUT2D eigenvalue weighted by atomic mass is 10.2. The molecule has 2 aromatic heterocycles. The van der Waals surface area contributed by atoms with Crippen molar-refractivity contribution in [3.63, 3.8) is 0 Å². The molecule has 0 aliphatic carbocycles. The Morgan fingerprint density at radius 1 is 1.00 bits per heavy atom. The van der Waals surface area contributed by atoms with Gasteiger partial charge in [-0.1, -0.05) is 31.9 Å². The summed E-state index contributed by atoms with van der Waals surface area (Å²) in [5.41, 5.74) is 2.76. The number of aromatic nitrogens is 2. The molecule has 0 atom stereocenters. The molecule has 0 fully saturated rings. The number of rotatable bonds is 2. The topological polar surface area (TPSA) is 25.8 Å². The van der Waals surface area contributed by atoms with Crippen LogP contribution in [0.4, 0.5) is 0 Å². The van der Waals surface area contributed by atoms with Gasteiger partial charge in [0.1, 0.15) is 0 Å².